The van der Waals surface area contributed by atoms with Gasteiger partial charge in [-0.05, 0) is 19.1 Å². The molecule has 5 nitrogen and oxygen atoms in total. The first-order valence-corrected chi connectivity index (χ1v) is 5.80. The maximum Gasteiger partial charge on any atom is 0.240 e. The molecule has 1 aliphatic heterocycles. The molecule has 0 saturated carbocycles. The Morgan fingerprint density at radius 3 is 2.95 bits per heavy atom. The van der Waals surface area contributed by atoms with Gasteiger partial charge in [0.2, 0.25) is 5.91 Å². The molecule has 0 spiro atoms. The summed E-state index contributed by atoms with van der Waals surface area (Å²) < 4.78 is 5.42. The van der Waals surface area contributed by atoms with E-state index < -0.39 is 0 Å². The van der Waals surface area contributed by atoms with Crippen molar-refractivity contribution in [2.75, 3.05) is 13.2 Å². The van der Waals surface area contributed by atoms with Crippen LogP contribution in [0.1, 0.15) is 12.6 Å². The van der Waals surface area contributed by atoms with Crippen molar-refractivity contribution in [3.05, 3.63) is 30.1 Å². The Hall–Kier alpha value is -0.880. The van der Waals surface area contributed by atoms with Gasteiger partial charge >= 0.3 is 0 Å². The van der Waals surface area contributed by atoms with E-state index in [4.69, 9.17) is 4.74 Å². The smallest absolute Gasteiger partial charge is 0.240 e. The zero-order valence-electron chi connectivity index (χ0n) is 10.7. The fourth-order valence-electron chi connectivity index (χ4n) is 1.82. The van der Waals surface area contributed by atoms with Crippen LogP contribution >= 0.6 is 24.8 Å². The molecule has 2 atom stereocenters. The summed E-state index contributed by atoms with van der Waals surface area (Å²) >= 11 is 0. The zero-order chi connectivity index (χ0) is 12.1. The number of morpholine rings is 1. The normalized spacial score (nSPS) is 21.7. The van der Waals surface area contributed by atoms with Crippen molar-refractivity contribution in [1.29, 1.82) is 0 Å². The van der Waals surface area contributed by atoms with E-state index in [-0.39, 0.29) is 42.9 Å². The molecular formula is C12H19Cl2N3O2. The first-order valence-electron chi connectivity index (χ1n) is 5.80. The number of amides is 1. The second-order valence-electron chi connectivity index (χ2n) is 4.05. The molecule has 2 rings (SSSR count). The molecule has 0 bridgehead atoms. The summed E-state index contributed by atoms with van der Waals surface area (Å²) in [5.74, 6) is -0.0390. The minimum atomic E-state index is -0.271. The van der Waals surface area contributed by atoms with Crippen molar-refractivity contribution in [3.63, 3.8) is 0 Å². The van der Waals surface area contributed by atoms with Gasteiger partial charge in [-0.15, -0.1) is 24.8 Å². The first kappa shape index (κ1) is 18.1. The molecule has 0 unspecified atom stereocenters. The van der Waals surface area contributed by atoms with Gasteiger partial charge in [0.25, 0.3) is 0 Å². The molecule has 7 heteroatoms. The number of carbonyl (C=O) groups is 1. The lowest BCUT2D eigenvalue weighted by Crippen LogP contribution is -2.55. The Kier molecular flexibility index (Phi) is 8.67. The van der Waals surface area contributed by atoms with Crippen molar-refractivity contribution in [1.82, 2.24) is 15.6 Å². The van der Waals surface area contributed by atoms with Crippen molar-refractivity contribution in [2.24, 2.45) is 0 Å². The Balaban J connectivity index is 0.00000162. The highest BCUT2D eigenvalue weighted by Crippen LogP contribution is 2.04. The summed E-state index contributed by atoms with van der Waals surface area (Å²) in [5.41, 5.74) is 0.852. The fourth-order valence-corrected chi connectivity index (χ4v) is 1.82. The van der Waals surface area contributed by atoms with Gasteiger partial charge in [-0.2, -0.15) is 0 Å². The third-order valence-electron chi connectivity index (χ3n) is 2.77. The lowest BCUT2D eigenvalue weighted by Gasteiger charge is -2.29. The maximum atomic E-state index is 11.9. The van der Waals surface area contributed by atoms with Crippen molar-refractivity contribution in [2.45, 2.75) is 25.6 Å². The van der Waals surface area contributed by atoms with E-state index in [9.17, 15) is 4.79 Å². The van der Waals surface area contributed by atoms with Crippen molar-refractivity contribution >= 4 is 30.7 Å². The van der Waals surface area contributed by atoms with E-state index in [1.807, 2.05) is 25.1 Å². The minimum Gasteiger partial charge on any atom is -0.375 e. The average molecular weight is 308 g/mol. The molecule has 2 N–H and O–H groups in total. The van der Waals surface area contributed by atoms with Gasteiger partial charge < -0.3 is 15.4 Å². The summed E-state index contributed by atoms with van der Waals surface area (Å²) in [4.78, 5) is 16.0. The highest BCUT2D eigenvalue weighted by atomic mass is 35.5. The molecule has 0 aliphatic carbocycles. The lowest BCUT2D eigenvalue weighted by atomic mass is 10.1. The summed E-state index contributed by atoms with van der Waals surface area (Å²) in [5, 5.41) is 6.00. The van der Waals surface area contributed by atoms with Crippen LogP contribution in [-0.2, 0) is 16.1 Å². The number of rotatable bonds is 3. The number of nitrogens with one attached hydrogen (secondary N) is 2. The number of halogens is 2. The molecule has 1 aromatic heterocycles. The minimum absolute atomic E-state index is 0. The van der Waals surface area contributed by atoms with E-state index in [0.717, 1.165) is 5.69 Å². The summed E-state index contributed by atoms with van der Waals surface area (Å²) in [7, 11) is 0. The largest absolute Gasteiger partial charge is 0.375 e. The SMILES string of the molecule is C[C@H]1OCCN[C@@H]1C(=O)NCc1ccccn1.Cl.Cl. The second kappa shape index (κ2) is 9.09. The quantitative estimate of drug-likeness (QED) is 0.871. The van der Waals surface area contributed by atoms with Crippen LogP contribution in [0, 0.1) is 0 Å². The third-order valence-corrected chi connectivity index (χ3v) is 2.77. The summed E-state index contributed by atoms with van der Waals surface area (Å²) in [6, 6.07) is 5.37. The van der Waals surface area contributed by atoms with Gasteiger partial charge in [0, 0.05) is 12.7 Å². The number of hydrogen-bond acceptors (Lipinski definition) is 4. The maximum absolute atomic E-state index is 11.9. The van der Waals surface area contributed by atoms with Crippen LogP contribution in [0.4, 0.5) is 0 Å². The highest BCUT2D eigenvalue weighted by Gasteiger charge is 2.27. The summed E-state index contributed by atoms with van der Waals surface area (Å²) in [6.07, 6.45) is 1.62. The predicted octanol–water partition coefficient (Wildman–Crippen LogP) is 0.918. The van der Waals surface area contributed by atoms with Crippen molar-refractivity contribution in [3.8, 4) is 0 Å². The molecule has 19 heavy (non-hydrogen) atoms. The van der Waals surface area contributed by atoms with E-state index in [1.165, 1.54) is 0 Å². The molecule has 2 heterocycles. The van der Waals surface area contributed by atoms with Crippen LogP contribution in [0.2, 0.25) is 0 Å². The van der Waals surface area contributed by atoms with E-state index in [1.54, 1.807) is 6.20 Å². The molecule has 1 fully saturated rings. The molecule has 0 radical (unpaired) electrons. The van der Waals surface area contributed by atoms with Gasteiger partial charge in [0.05, 0.1) is 24.9 Å². The molecule has 108 valence electrons. The van der Waals surface area contributed by atoms with Crippen LogP contribution in [0.25, 0.3) is 0 Å². The predicted molar refractivity (Wildman–Crippen MR) is 77.8 cm³/mol. The van der Waals surface area contributed by atoms with Gasteiger partial charge in [0.1, 0.15) is 6.04 Å². The summed E-state index contributed by atoms with van der Waals surface area (Å²) in [6.45, 7) is 3.72. The Labute approximate surface area is 125 Å². The van der Waals surface area contributed by atoms with E-state index in [2.05, 4.69) is 15.6 Å². The van der Waals surface area contributed by atoms with Gasteiger partial charge in [-0.25, -0.2) is 0 Å². The fraction of sp³-hybridized carbons (Fsp3) is 0.500. The standard InChI is InChI=1S/C12H17N3O2.2ClH/c1-9-11(14-6-7-17-9)12(16)15-8-10-4-2-3-5-13-10;;/h2-5,9,11,14H,6-8H2,1H3,(H,15,16);2*1H/t9-,11+;;/m1../s1. The number of pyridine rings is 1. The van der Waals surface area contributed by atoms with Gasteiger partial charge in [-0.3, -0.25) is 9.78 Å². The number of carbonyl (C=O) groups excluding carboxylic acids is 1. The molecule has 1 aromatic rings. The van der Waals surface area contributed by atoms with Gasteiger partial charge in [0.15, 0.2) is 0 Å². The number of nitrogens with zero attached hydrogens (tertiary/aromatic N) is 1. The number of hydrogen-bond donors (Lipinski definition) is 2. The first-order chi connectivity index (χ1) is 8.27. The van der Waals surface area contributed by atoms with E-state index in [0.29, 0.717) is 19.7 Å². The monoisotopic (exact) mass is 307 g/mol. The third kappa shape index (κ3) is 5.32. The number of aromatic nitrogens is 1. The van der Waals surface area contributed by atoms with Gasteiger partial charge in [-0.1, -0.05) is 6.07 Å². The zero-order valence-corrected chi connectivity index (χ0v) is 12.3. The van der Waals surface area contributed by atoms with Crippen LogP contribution in [0.3, 0.4) is 0 Å². The Morgan fingerprint density at radius 2 is 2.32 bits per heavy atom. The second-order valence-corrected chi connectivity index (χ2v) is 4.05. The average Bonchev–Trinajstić information content (AvgIpc) is 2.38. The Bertz CT molecular complexity index is 378. The topological polar surface area (TPSA) is 63.2 Å². The Morgan fingerprint density at radius 1 is 1.53 bits per heavy atom. The van der Waals surface area contributed by atoms with Crippen molar-refractivity contribution < 1.29 is 9.53 Å². The molecule has 1 saturated heterocycles. The molecular weight excluding hydrogens is 289 g/mol. The highest BCUT2D eigenvalue weighted by molar-refractivity contribution is 5.85. The van der Waals surface area contributed by atoms with Crippen LogP contribution < -0.4 is 10.6 Å². The molecule has 1 amide bonds. The molecule has 0 aromatic carbocycles. The number of ether oxygens (including phenoxy) is 1. The van der Waals surface area contributed by atoms with Crippen LogP contribution in [0.15, 0.2) is 24.4 Å². The van der Waals surface area contributed by atoms with Crippen LogP contribution in [-0.4, -0.2) is 36.2 Å². The molecule has 1 aliphatic rings. The van der Waals surface area contributed by atoms with Crippen LogP contribution in [0.5, 0.6) is 0 Å². The lowest BCUT2D eigenvalue weighted by molar-refractivity contribution is -0.129. The van der Waals surface area contributed by atoms with E-state index >= 15 is 0 Å².